The average molecular weight is 578 g/mol. The first-order valence-electron chi connectivity index (χ1n) is 13.6. The molecule has 1 fully saturated rings. The normalized spacial score (nSPS) is 14.0. The zero-order valence-corrected chi connectivity index (χ0v) is 24.8. The fourth-order valence-electron chi connectivity index (χ4n) is 4.76. The Labute approximate surface area is 240 Å². The SMILES string of the molecule is CCS(=O)(=O)NC(=O)c1cc(-c2ccc(N3CCOCC3)nc2)c2c(C(C)C)nn(-c3cccc(N(C)C)c3)c2n1. The quantitative estimate of drug-likeness (QED) is 0.335. The maximum absolute atomic E-state index is 13.2. The molecule has 1 N–H and O–H groups in total. The number of amides is 1. The number of fused-ring (bicyclic) bond motifs is 1. The van der Waals surface area contributed by atoms with Crippen molar-refractivity contribution in [2.45, 2.75) is 26.7 Å². The van der Waals surface area contributed by atoms with Gasteiger partial charge in [0.2, 0.25) is 10.0 Å². The summed E-state index contributed by atoms with van der Waals surface area (Å²) in [7, 11) is 0.121. The van der Waals surface area contributed by atoms with E-state index in [9.17, 15) is 13.2 Å². The Bertz CT molecular complexity index is 1680. The van der Waals surface area contributed by atoms with Crippen molar-refractivity contribution in [3.8, 4) is 16.8 Å². The van der Waals surface area contributed by atoms with Crippen LogP contribution in [0, 0.1) is 0 Å². The molecule has 216 valence electrons. The highest BCUT2D eigenvalue weighted by Crippen LogP contribution is 2.36. The van der Waals surface area contributed by atoms with Gasteiger partial charge in [0.05, 0.1) is 35.7 Å². The van der Waals surface area contributed by atoms with Gasteiger partial charge in [0.1, 0.15) is 11.5 Å². The number of sulfonamides is 1. The van der Waals surface area contributed by atoms with E-state index in [1.54, 1.807) is 16.9 Å². The summed E-state index contributed by atoms with van der Waals surface area (Å²) < 4.78 is 33.9. The second-order valence-corrected chi connectivity index (χ2v) is 12.5. The third-order valence-electron chi connectivity index (χ3n) is 7.06. The summed E-state index contributed by atoms with van der Waals surface area (Å²) >= 11 is 0. The molecule has 0 bridgehead atoms. The first-order valence-corrected chi connectivity index (χ1v) is 15.3. The van der Waals surface area contributed by atoms with Crippen LogP contribution in [0.15, 0.2) is 48.7 Å². The molecule has 12 heteroatoms. The van der Waals surface area contributed by atoms with E-state index in [4.69, 9.17) is 19.8 Å². The van der Waals surface area contributed by atoms with Crippen molar-refractivity contribution < 1.29 is 17.9 Å². The summed E-state index contributed by atoms with van der Waals surface area (Å²) in [5, 5.41) is 5.75. The number of rotatable bonds is 8. The standard InChI is InChI=1S/C29H35N7O4S/c1-6-41(38,39)33-29(37)24-17-23(20-10-11-25(30-18-20)35-12-14-40-15-13-35)26-27(19(2)3)32-36(28(26)31-24)22-9-7-8-21(16-22)34(4)5/h7-11,16-19H,6,12-15H2,1-5H3,(H,33,37). The van der Waals surface area contributed by atoms with Gasteiger partial charge in [0.25, 0.3) is 5.91 Å². The Morgan fingerprint density at radius 3 is 2.51 bits per heavy atom. The molecule has 5 rings (SSSR count). The molecule has 0 atom stereocenters. The van der Waals surface area contributed by atoms with E-state index in [0.29, 0.717) is 24.4 Å². The van der Waals surface area contributed by atoms with Crippen LogP contribution in [-0.2, 0) is 14.8 Å². The molecule has 0 unspecified atom stereocenters. The van der Waals surface area contributed by atoms with Gasteiger partial charge in [0, 0.05) is 44.6 Å². The molecule has 1 aliphatic rings. The Hall–Kier alpha value is -4.03. The number of aromatic nitrogens is 4. The lowest BCUT2D eigenvalue weighted by Crippen LogP contribution is -2.36. The number of anilines is 2. The van der Waals surface area contributed by atoms with Gasteiger partial charge in [-0.3, -0.25) is 4.79 Å². The van der Waals surface area contributed by atoms with Crippen molar-refractivity contribution in [1.82, 2.24) is 24.5 Å². The fourth-order valence-corrected chi connectivity index (χ4v) is 5.30. The molecular formula is C29H35N7O4S. The topological polar surface area (TPSA) is 123 Å². The lowest BCUT2D eigenvalue weighted by Gasteiger charge is -2.27. The van der Waals surface area contributed by atoms with Crippen LogP contribution in [0.2, 0.25) is 0 Å². The highest BCUT2D eigenvalue weighted by Gasteiger charge is 2.25. The summed E-state index contributed by atoms with van der Waals surface area (Å²) in [6.45, 7) is 8.41. The molecule has 0 radical (unpaired) electrons. The number of nitrogens with one attached hydrogen (secondary N) is 1. The number of carbonyl (C=O) groups is 1. The number of benzene rings is 1. The molecule has 1 aliphatic heterocycles. The third kappa shape index (κ3) is 5.89. The maximum atomic E-state index is 13.2. The van der Waals surface area contributed by atoms with Crippen molar-refractivity contribution in [3.63, 3.8) is 0 Å². The summed E-state index contributed by atoms with van der Waals surface area (Å²) in [5.74, 6) is -0.145. The minimum absolute atomic E-state index is 0.0259. The Morgan fingerprint density at radius 2 is 1.88 bits per heavy atom. The summed E-state index contributed by atoms with van der Waals surface area (Å²) in [6, 6.07) is 13.4. The lowest BCUT2D eigenvalue weighted by molar-refractivity contribution is 0.0977. The van der Waals surface area contributed by atoms with E-state index in [-0.39, 0.29) is 17.4 Å². The van der Waals surface area contributed by atoms with E-state index >= 15 is 0 Å². The average Bonchev–Trinajstić information content (AvgIpc) is 3.37. The smallest absolute Gasteiger partial charge is 0.283 e. The third-order valence-corrected chi connectivity index (χ3v) is 8.31. The van der Waals surface area contributed by atoms with Gasteiger partial charge >= 0.3 is 0 Å². The second-order valence-electron chi connectivity index (χ2n) is 10.5. The molecule has 0 saturated carbocycles. The van der Waals surface area contributed by atoms with Gasteiger partial charge in [-0.05, 0) is 54.8 Å². The minimum atomic E-state index is -3.80. The highest BCUT2D eigenvalue weighted by molar-refractivity contribution is 7.90. The maximum Gasteiger partial charge on any atom is 0.283 e. The van der Waals surface area contributed by atoms with Crippen LogP contribution in [0.5, 0.6) is 0 Å². The highest BCUT2D eigenvalue weighted by atomic mass is 32.2. The van der Waals surface area contributed by atoms with Crippen molar-refractivity contribution in [3.05, 3.63) is 60.0 Å². The number of pyridine rings is 2. The molecule has 4 aromatic rings. The molecule has 1 saturated heterocycles. The molecular weight excluding hydrogens is 542 g/mol. The van der Waals surface area contributed by atoms with Crippen LogP contribution in [-0.4, -0.2) is 80.2 Å². The molecule has 3 aromatic heterocycles. The summed E-state index contributed by atoms with van der Waals surface area (Å²) in [4.78, 5) is 26.8. The molecule has 0 aliphatic carbocycles. The van der Waals surface area contributed by atoms with E-state index in [0.717, 1.165) is 46.9 Å². The monoisotopic (exact) mass is 577 g/mol. The largest absolute Gasteiger partial charge is 0.378 e. The van der Waals surface area contributed by atoms with E-state index in [1.807, 2.05) is 55.4 Å². The number of ether oxygens (including phenoxy) is 1. The van der Waals surface area contributed by atoms with Crippen LogP contribution in [0.1, 0.15) is 42.9 Å². The van der Waals surface area contributed by atoms with Gasteiger partial charge < -0.3 is 14.5 Å². The number of carbonyl (C=O) groups excluding carboxylic acids is 1. The van der Waals surface area contributed by atoms with Crippen LogP contribution >= 0.6 is 0 Å². The van der Waals surface area contributed by atoms with Crippen LogP contribution in [0.3, 0.4) is 0 Å². The predicted molar refractivity (Wildman–Crippen MR) is 160 cm³/mol. The Balaban J connectivity index is 1.73. The van der Waals surface area contributed by atoms with Gasteiger partial charge in [-0.15, -0.1) is 0 Å². The van der Waals surface area contributed by atoms with E-state index < -0.39 is 15.9 Å². The first-order chi connectivity index (χ1) is 19.6. The van der Waals surface area contributed by atoms with Crippen LogP contribution in [0.4, 0.5) is 11.5 Å². The number of hydrogen-bond acceptors (Lipinski definition) is 9. The van der Waals surface area contributed by atoms with E-state index in [1.165, 1.54) is 6.92 Å². The van der Waals surface area contributed by atoms with Crippen molar-refractivity contribution >= 4 is 38.5 Å². The fraction of sp³-hybridized carbons (Fsp3) is 0.379. The minimum Gasteiger partial charge on any atom is -0.378 e. The van der Waals surface area contributed by atoms with Crippen molar-refractivity contribution in [2.75, 3.05) is 56.0 Å². The van der Waals surface area contributed by atoms with E-state index in [2.05, 4.69) is 23.5 Å². The Morgan fingerprint density at radius 1 is 1.12 bits per heavy atom. The van der Waals surface area contributed by atoms with Gasteiger partial charge in [-0.25, -0.2) is 27.8 Å². The summed E-state index contributed by atoms with van der Waals surface area (Å²) in [6.07, 6.45) is 1.78. The summed E-state index contributed by atoms with van der Waals surface area (Å²) in [5.41, 5.74) is 4.46. The molecule has 41 heavy (non-hydrogen) atoms. The van der Waals surface area contributed by atoms with Gasteiger partial charge in [-0.2, -0.15) is 5.10 Å². The zero-order chi connectivity index (χ0) is 29.3. The van der Waals surface area contributed by atoms with Gasteiger partial charge in [0.15, 0.2) is 5.65 Å². The molecule has 0 spiro atoms. The van der Waals surface area contributed by atoms with Crippen molar-refractivity contribution in [2.24, 2.45) is 0 Å². The first kappa shape index (κ1) is 28.5. The molecule has 1 aromatic carbocycles. The van der Waals surface area contributed by atoms with Crippen LogP contribution < -0.4 is 14.5 Å². The molecule has 11 nitrogen and oxygen atoms in total. The number of hydrogen-bond donors (Lipinski definition) is 1. The number of morpholine rings is 1. The van der Waals surface area contributed by atoms with Crippen LogP contribution in [0.25, 0.3) is 27.8 Å². The zero-order valence-electron chi connectivity index (χ0n) is 24.0. The molecule has 1 amide bonds. The predicted octanol–water partition coefficient (Wildman–Crippen LogP) is 3.59. The molecule has 4 heterocycles. The number of nitrogens with zero attached hydrogens (tertiary/aromatic N) is 6. The van der Waals surface area contributed by atoms with Gasteiger partial charge in [-0.1, -0.05) is 19.9 Å². The van der Waals surface area contributed by atoms with Crippen molar-refractivity contribution in [1.29, 1.82) is 0 Å². The second kappa shape index (κ2) is 11.5. The Kier molecular flexibility index (Phi) is 7.96. The lowest BCUT2D eigenvalue weighted by atomic mass is 9.98.